The number of benzene rings is 1. The van der Waals surface area contributed by atoms with Crippen molar-refractivity contribution in [3.8, 4) is 0 Å². The minimum Gasteiger partial charge on any atom is -0.339 e. The zero-order chi connectivity index (χ0) is 20.0. The molecule has 3 aromatic rings. The van der Waals surface area contributed by atoms with Crippen LogP contribution in [-0.4, -0.2) is 50.7 Å². The van der Waals surface area contributed by atoms with Gasteiger partial charge in [-0.05, 0) is 37.1 Å². The van der Waals surface area contributed by atoms with Crippen molar-refractivity contribution in [2.45, 2.75) is 25.6 Å². The largest absolute Gasteiger partial charge is 0.339 e. The van der Waals surface area contributed by atoms with E-state index in [0.717, 1.165) is 33.7 Å². The summed E-state index contributed by atoms with van der Waals surface area (Å²) < 4.78 is 15.1. The lowest BCUT2D eigenvalue weighted by Crippen LogP contribution is -2.39. The van der Waals surface area contributed by atoms with Crippen LogP contribution in [0.5, 0.6) is 0 Å². The van der Waals surface area contributed by atoms with Crippen LogP contribution >= 0.6 is 0 Å². The van der Waals surface area contributed by atoms with Crippen LogP contribution in [0.25, 0.3) is 10.9 Å². The Labute approximate surface area is 167 Å². The third kappa shape index (κ3) is 3.14. The summed E-state index contributed by atoms with van der Waals surface area (Å²) in [6.45, 7) is 1.49. The van der Waals surface area contributed by atoms with Crippen LogP contribution < -0.4 is 5.32 Å². The van der Waals surface area contributed by atoms with E-state index in [1.807, 2.05) is 37.4 Å². The Hall–Kier alpha value is -3.29. The molecule has 1 saturated heterocycles. The number of aryl methyl sites for hydroxylation is 1. The summed E-state index contributed by atoms with van der Waals surface area (Å²) >= 11 is 0. The molecule has 1 amide bonds. The molecule has 0 aliphatic carbocycles. The van der Waals surface area contributed by atoms with Crippen LogP contribution in [0, 0.1) is 0 Å². The summed E-state index contributed by atoms with van der Waals surface area (Å²) in [6, 6.07) is 9.70. The highest BCUT2D eigenvalue weighted by atomic mass is 19.1. The van der Waals surface area contributed by atoms with Gasteiger partial charge in [-0.15, -0.1) is 0 Å². The number of halogens is 1. The Bertz CT molecular complexity index is 1130. The third-order valence-corrected chi connectivity index (χ3v) is 5.55. The highest BCUT2D eigenvalue weighted by Gasteiger charge is 2.27. The van der Waals surface area contributed by atoms with Crippen molar-refractivity contribution in [2.75, 3.05) is 18.4 Å². The average Bonchev–Trinajstić information content (AvgIpc) is 3.29. The molecule has 0 bridgehead atoms. The fraction of sp³-hybridized carbons (Fsp3) is 0.333. The summed E-state index contributed by atoms with van der Waals surface area (Å²) in [5.41, 5.74) is 4.08. The summed E-state index contributed by atoms with van der Waals surface area (Å²) in [7, 11) is 1.82. The standard InChI is InChI=1S/C21H21FN6O/c1-27-17-11-15(25-20-18-13(12-24-20)3-2-8-23-18)4-5-16(17)19(26-27)21(29)28-9-6-14(22)7-10-28/h2-5,8,11,14H,6-7,9-10,12H2,1H3,(H,24,25). The minimum absolute atomic E-state index is 0.137. The molecular weight excluding hydrogens is 371 g/mol. The Kier molecular flexibility index (Phi) is 4.26. The van der Waals surface area contributed by atoms with E-state index in [2.05, 4.69) is 20.4 Å². The molecule has 4 heterocycles. The third-order valence-electron chi connectivity index (χ3n) is 5.55. The van der Waals surface area contributed by atoms with E-state index in [4.69, 9.17) is 0 Å². The van der Waals surface area contributed by atoms with E-state index in [0.29, 0.717) is 38.2 Å². The molecular formula is C21H21FN6O. The molecule has 5 rings (SSSR count). The van der Waals surface area contributed by atoms with Gasteiger partial charge in [0.05, 0.1) is 12.1 Å². The number of carbonyl (C=O) groups excluding carboxylic acids is 1. The quantitative estimate of drug-likeness (QED) is 0.728. The van der Waals surface area contributed by atoms with E-state index in [1.54, 1.807) is 15.8 Å². The number of likely N-dealkylation sites (tertiary alicyclic amines) is 1. The molecule has 1 fully saturated rings. The first kappa shape index (κ1) is 17.8. The maximum Gasteiger partial charge on any atom is 0.275 e. The van der Waals surface area contributed by atoms with E-state index in [1.165, 1.54) is 0 Å². The van der Waals surface area contributed by atoms with Gasteiger partial charge in [0.1, 0.15) is 11.9 Å². The zero-order valence-electron chi connectivity index (χ0n) is 16.1. The number of hydrogen-bond donors (Lipinski definition) is 1. The number of aliphatic imine (C=N–C) groups is 1. The van der Waals surface area contributed by atoms with E-state index < -0.39 is 6.17 Å². The van der Waals surface area contributed by atoms with E-state index in [-0.39, 0.29) is 5.91 Å². The number of fused-ring (bicyclic) bond motifs is 2. The van der Waals surface area contributed by atoms with Crippen molar-refractivity contribution in [2.24, 2.45) is 12.0 Å². The van der Waals surface area contributed by atoms with Gasteiger partial charge in [-0.25, -0.2) is 4.39 Å². The summed E-state index contributed by atoms with van der Waals surface area (Å²) in [5, 5.41) is 8.58. The molecule has 1 aromatic carbocycles. The number of rotatable bonds is 2. The summed E-state index contributed by atoms with van der Waals surface area (Å²) in [6.07, 6.45) is 1.73. The van der Waals surface area contributed by atoms with Crippen molar-refractivity contribution < 1.29 is 9.18 Å². The van der Waals surface area contributed by atoms with Crippen molar-refractivity contribution in [3.63, 3.8) is 0 Å². The molecule has 0 saturated carbocycles. The van der Waals surface area contributed by atoms with Gasteiger partial charge < -0.3 is 10.2 Å². The van der Waals surface area contributed by atoms with Crippen LogP contribution in [0.1, 0.15) is 34.6 Å². The smallest absolute Gasteiger partial charge is 0.275 e. The Balaban J connectivity index is 1.42. The molecule has 2 aliphatic rings. The molecule has 0 unspecified atom stereocenters. The van der Waals surface area contributed by atoms with E-state index in [9.17, 15) is 9.18 Å². The number of aromatic nitrogens is 3. The maximum absolute atomic E-state index is 13.4. The van der Waals surface area contributed by atoms with Gasteiger partial charge in [-0.2, -0.15) is 5.10 Å². The lowest BCUT2D eigenvalue weighted by molar-refractivity contribution is 0.0662. The monoisotopic (exact) mass is 392 g/mol. The number of carbonyl (C=O) groups is 1. The van der Waals surface area contributed by atoms with Gasteiger partial charge >= 0.3 is 0 Å². The first-order valence-electron chi connectivity index (χ1n) is 9.76. The lowest BCUT2D eigenvalue weighted by Gasteiger charge is -2.28. The van der Waals surface area contributed by atoms with Crippen LogP contribution in [-0.2, 0) is 13.6 Å². The number of hydrogen-bond acceptors (Lipinski definition) is 5. The fourth-order valence-electron chi connectivity index (χ4n) is 3.95. The first-order chi connectivity index (χ1) is 14.1. The molecule has 7 nitrogen and oxygen atoms in total. The molecule has 2 aromatic heterocycles. The van der Waals surface area contributed by atoms with Gasteiger partial charge in [0, 0.05) is 43.0 Å². The van der Waals surface area contributed by atoms with Crippen LogP contribution in [0.4, 0.5) is 10.1 Å². The van der Waals surface area contributed by atoms with Gasteiger partial charge in [0.2, 0.25) is 0 Å². The van der Waals surface area contributed by atoms with Crippen molar-refractivity contribution in [3.05, 3.63) is 53.5 Å². The molecule has 148 valence electrons. The van der Waals surface area contributed by atoms with Gasteiger partial charge in [0.15, 0.2) is 11.5 Å². The highest BCUT2D eigenvalue weighted by Crippen LogP contribution is 2.26. The Morgan fingerprint density at radius 2 is 2.07 bits per heavy atom. The number of nitrogens with one attached hydrogen (secondary N) is 1. The van der Waals surface area contributed by atoms with E-state index >= 15 is 0 Å². The van der Waals surface area contributed by atoms with Gasteiger partial charge in [-0.3, -0.25) is 19.5 Å². The second-order valence-corrected chi connectivity index (χ2v) is 7.47. The Morgan fingerprint density at radius 3 is 2.90 bits per heavy atom. The SMILES string of the molecule is Cn1nc(C(=O)N2CCC(F)CC2)c2ccc(NC3=NCc4cccnc43)cc21. The molecule has 0 spiro atoms. The molecule has 0 radical (unpaired) electrons. The number of piperidine rings is 1. The topological polar surface area (TPSA) is 75.4 Å². The second-order valence-electron chi connectivity index (χ2n) is 7.47. The average molecular weight is 392 g/mol. The molecule has 1 N–H and O–H groups in total. The Morgan fingerprint density at radius 1 is 1.24 bits per heavy atom. The molecule has 2 aliphatic heterocycles. The predicted octanol–water partition coefficient (Wildman–Crippen LogP) is 2.91. The fourth-order valence-corrected chi connectivity index (χ4v) is 3.95. The maximum atomic E-state index is 13.4. The number of alkyl halides is 1. The molecule has 8 heteroatoms. The van der Waals surface area contributed by atoms with Gasteiger partial charge in [-0.1, -0.05) is 6.07 Å². The predicted molar refractivity (Wildman–Crippen MR) is 109 cm³/mol. The molecule has 29 heavy (non-hydrogen) atoms. The van der Waals surface area contributed by atoms with Crippen molar-refractivity contribution in [1.29, 1.82) is 0 Å². The van der Waals surface area contributed by atoms with Crippen LogP contribution in [0.3, 0.4) is 0 Å². The van der Waals surface area contributed by atoms with Crippen molar-refractivity contribution in [1.82, 2.24) is 19.7 Å². The number of pyridine rings is 1. The number of amides is 1. The van der Waals surface area contributed by atoms with Gasteiger partial charge in [0.25, 0.3) is 5.91 Å². The minimum atomic E-state index is -0.814. The first-order valence-corrected chi connectivity index (χ1v) is 9.76. The lowest BCUT2D eigenvalue weighted by atomic mass is 10.1. The van der Waals surface area contributed by atoms with Crippen molar-refractivity contribution >= 4 is 28.3 Å². The second kappa shape index (κ2) is 6.95. The zero-order valence-corrected chi connectivity index (χ0v) is 16.1. The summed E-state index contributed by atoms with van der Waals surface area (Å²) in [4.78, 5) is 23.6. The normalized spacial score (nSPS) is 16.8. The van der Waals surface area contributed by atoms with Crippen LogP contribution in [0.15, 0.2) is 41.5 Å². The van der Waals surface area contributed by atoms with Crippen LogP contribution in [0.2, 0.25) is 0 Å². The number of nitrogens with zero attached hydrogens (tertiary/aromatic N) is 5. The number of anilines is 1. The summed E-state index contributed by atoms with van der Waals surface area (Å²) in [5.74, 6) is 0.606. The molecule has 0 atom stereocenters. The highest BCUT2D eigenvalue weighted by molar-refractivity contribution is 6.10. The number of amidine groups is 1.